The van der Waals surface area contributed by atoms with E-state index < -0.39 is 0 Å². The van der Waals surface area contributed by atoms with Gasteiger partial charge in [0.15, 0.2) is 0 Å². The summed E-state index contributed by atoms with van der Waals surface area (Å²) in [6.45, 7) is 9.86. The number of aryl methyl sites for hydroxylation is 1. The summed E-state index contributed by atoms with van der Waals surface area (Å²) in [5.41, 5.74) is 4.83. The molecule has 3 unspecified atom stereocenters. The average Bonchev–Trinajstić information content (AvgIpc) is 2.89. The minimum absolute atomic E-state index is 0. The smallest absolute Gasteiger partial charge is 0.227 e. The molecule has 0 spiro atoms. The van der Waals surface area contributed by atoms with Gasteiger partial charge in [-0.3, -0.25) is 0 Å². The third kappa shape index (κ3) is 2.55. The van der Waals surface area contributed by atoms with Crippen molar-refractivity contribution in [2.45, 2.75) is 18.9 Å². The molecule has 0 bridgehead atoms. The first-order valence-electron chi connectivity index (χ1n) is 7.97. The van der Waals surface area contributed by atoms with Crippen LogP contribution in [0.2, 0.25) is 0 Å². The fourth-order valence-corrected chi connectivity index (χ4v) is 3.93. The van der Waals surface area contributed by atoms with Gasteiger partial charge in [0.25, 0.3) is 0 Å². The van der Waals surface area contributed by atoms with Crippen molar-refractivity contribution in [1.29, 1.82) is 0 Å². The molecule has 0 saturated carbocycles. The zero-order valence-electron chi connectivity index (χ0n) is 13.9. The summed E-state index contributed by atoms with van der Waals surface area (Å²) in [6.07, 6.45) is 2.32. The normalized spacial score (nSPS) is 22.5. The van der Waals surface area contributed by atoms with Crippen LogP contribution in [-0.2, 0) is 39.8 Å². The third-order valence-electron chi connectivity index (χ3n) is 4.98. The van der Waals surface area contributed by atoms with Crippen LogP contribution in [0.1, 0.15) is 35.7 Å². The number of nitrogens with zero attached hydrogens (tertiary/aromatic N) is 2. The van der Waals surface area contributed by atoms with Crippen LogP contribution in [0, 0.1) is 25.0 Å². The maximum absolute atomic E-state index is 7.70. The molecule has 3 heteroatoms. The van der Waals surface area contributed by atoms with Crippen molar-refractivity contribution in [3.05, 3.63) is 89.3 Å². The van der Waals surface area contributed by atoms with Crippen LogP contribution < -0.4 is 0 Å². The van der Waals surface area contributed by atoms with Crippen molar-refractivity contribution < 1.29 is 32.7 Å². The molecule has 1 aliphatic rings. The molecule has 1 aliphatic carbocycles. The molecule has 117 valence electrons. The predicted molar refractivity (Wildman–Crippen MR) is 92.8 cm³/mol. The Labute approximate surface area is 168 Å². The Morgan fingerprint density at radius 2 is 1.92 bits per heavy atom. The van der Waals surface area contributed by atoms with Gasteiger partial charge in [-0.15, -0.1) is 5.92 Å². The van der Waals surface area contributed by atoms with Crippen LogP contribution in [-0.4, -0.2) is 4.57 Å². The van der Waals surface area contributed by atoms with E-state index in [1.807, 2.05) is 12.1 Å². The van der Waals surface area contributed by atoms with Crippen molar-refractivity contribution in [2.75, 3.05) is 0 Å². The van der Waals surface area contributed by atoms with E-state index >= 15 is 0 Å². The van der Waals surface area contributed by atoms with Crippen LogP contribution in [0.4, 0.5) is 0 Å². The summed E-state index contributed by atoms with van der Waals surface area (Å²) in [5.74, 6) is 0.418. The molecule has 1 heterocycles. The zero-order valence-corrected chi connectivity index (χ0v) is 16.7. The first kappa shape index (κ1) is 17.4. The molecule has 3 aromatic rings. The first-order chi connectivity index (χ1) is 11.2. The number of para-hydroxylation sites is 1. The van der Waals surface area contributed by atoms with Gasteiger partial charge in [0.1, 0.15) is 0 Å². The third-order valence-corrected chi connectivity index (χ3v) is 4.98. The largest absolute Gasteiger partial charge is 0.349 e. The molecule has 24 heavy (non-hydrogen) atoms. The van der Waals surface area contributed by atoms with Crippen LogP contribution in [0.15, 0.2) is 48.5 Å². The molecule has 0 fully saturated rings. The average molecular weight is 387 g/mol. The molecule has 1 radical (unpaired) electrons. The molecular formula is C21H18N2Y-2. The van der Waals surface area contributed by atoms with Gasteiger partial charge in [0.2, 0.25) is 6.04 Å². The standard InChI is InChI=1S/C21H18N2.Y/c1-14-13-17(15-9-5-4-6-10-15)21-19(20(14)22-2)16-11-7-8-12-18(16)23(21)3;/h4-9,11-14,17,20H,1,3H3;/q-2;. The Morgan fingerprint density at radius 1 is 1.17 bits per heavy atom. The van der Waals surface area contributed by atoms with Gasteiger partial charge in [-0.25, -0.2) is 6.57 Å². The monoisotopic (exact) mass is 387 g/mol. The molecule has 1 aromatic heterocycles. The van der Waals surface area contributed by atoms with E-state index in [9.17, 15) is 0 Å². The van der Waals surface area contributed by atoms with Gasteiger partial charge in [0.05, 0.1) is 5.56 Å². The van der Waals surface area contributed by atoms with E-state index in [1.54, 1.807) is 0 Å². The fraction of sp³-hybridized carbons (Fsp3) is 0.238. The first-order valence-corrected chi connectivity index (χ1v) is 7.97. The van der Waals surface area contributed by atoms with Crippen LogP contribution >= 0.6 is 0 Å². The Balaban J connectivity index is 0.00000169. The van der Waals surface area contributed by atoms with E-state index in [0.717, 1.165) is 0 Å². The summed E-state index contributed by atoms with van der Waals surface area (Å²) >= 11 is 0. The molecule has 2 nitrogen and oxygen atoms in total. The van der Waals surface area contributed by atoms with Crippen molar-refractivity contribution >= 4 is 10.9 Å². The Morgan fingerprint density at radius 3 is 2.62 bits per heavy atom. The number of fused-ring (bicyclic) bond motifs is 3. The predicted octanol–water partition coefficient (Wildman–Crippen LogP) is 4.92. The molecule has 0 saturated heterocycles. The van der Waals surface area contributed by atoms with Crippen molar-refractivity contribution in [1.82, 2.24) is 4.57 Å². The van der Waals surface area contributed by atoms with E-state index in [4.69, 9.17) is 6.57 Å². The molecular weight excluding hydrogens is 369 g/mol. The van der Waals surface area contributed by atoms with Gasteiger partial charge < -0.3 is 15.8 Å². The van der Waals surface area contributed by atoms with Gasteiger partial charge in [-0.1, -0.05) is 31.0 Å². The number of rotatable bonds is 1. The second-order valence-corrected chi connectivity index (χ2v) is 6.30. The summed E-state index contributed by atoms with van der Waals surface area (Å²) in [7, 11) is 2.11. The summed E-state index contributed by atoms with van der Waals surface area (Å²) < 4.78 is 2.26. The number of hydrogen-bond donors (Lipinski definition) is 0. The second kappa shape index (κ2) is 6.83. The summed E-state index contributed by atoms with van der Waals surface area (Å²) in [6, 6.07) is 19.9. The molecule has 0 aliphatic heterocycles. The van der Waals surface area contributed by atoms with E-state index in [0.29, 0.717) is 0 Å². The van der Waals surface area contributed by atoms with Gasteiger partial charge >= 0.3 is 0 Å². The molecule has 4 rings (SSSR count). The SMILES string of the molecule is [C-]#[N+]C1c2c(n(C)c3ccccc23)C(c2[c-]cccc2)[CH-]C1C.[Y]. The van der Waals surface area contributed by atoms with Gasteiger partial charge in [0, 0.05) is 56.4 Å². The summed E-state index contributed by atoms with van der Waals surface area (Å²) in [5, 5.41) is 1.21. The maximum Gasteiger partial charge on any atom is 0.227 e. The van der Waals surface area contributed by atoms with Crippen molar-refractivity contribution in [2.24, 2.45) is 13.0 Å². The van der Waals surface area contributed by atoms with Crippen LogP contribution in [0.3, 0.4) is 0 Å². The topological polar surface area (TPSA) is 9.29 Å². The Kier molecular flexibility index (Phi) is 4.95. The Bertz CT molecular complexity index is 905. The molecule has 0 N–H and O–H groups in total. The fourth-order valence-electron chi connectivity index (χ4n) is 3.93. The van der Waals surface area contributed by atoms with Crippen molar-refractivity contribution in [3.63, 3.8) is 0 Å². The zero-order chi connectivity index (χ0) is 16.0. The quantitative estimate of drug-likeness (QED) is 0.525. The molecule has 3 atom stereocenters. The minimum Gasteiger partial charge on any atom is -0.349 e. The summed E-state index contributed by atoms with van der Waals surface area (Å²) in [4.78, 5) is 3.96. The van der Waals surface area contributed by atoms with Crippen molar-refractivity contribution in [3.8, 4) is 0 Å². The van der Waals surface area contributed by atoms with Crippen LogP contribution in [0.25, 0.3) is 15.7 Å². The van der Waals surface area contributed by atoms with Gasteiger partial charge in [-0.2, -0.15) is 35.9 Å². The second-order valence-electron chi connectivity index (χ2n) is 6.30. The molecule has 0 amide bonds. The van der Waals surface area contributed by atoms with E-state index in [2.05, 4.69) is 72.3 Å². The van der Waals surface area contributed by atoms with Crippen LogP contribution in [0.5, 0.6) is 0 Å². The maximum atomic E-state index is 7.70. The van der Waals surface area contributed by atoms with E-state index in [-0.39, 0.29) is 50.6 Å². The Hall–Kier alpha value is -1.43. The molecule has 2 aromatic carbocycles. The minimum atomic E-state index is -0.101. The number of benzene rings is 2. The number of hydrogen-bond acceptors (Lipinski definition) is 0. The number of aromatic nitrogens is 1. The van der Waals surface area contributed by atoms with E-state index in [1.165, 1.54) is 27.7 Å². The van der Waals surface area contributed by atoms with Gasteiger partial charge in [-0.05, 0) is 6.07 Å².